The molecule has 6 nitrogen and oxygen atoms in total. The van der Waals surface area contributed by atoms with E-state index in [0.29, 0.717) is 0 Å². The Morgan fingerprint density at radius 3 is 2.32 bits per heavy atom. The number of rotatable bonds is 1. The van der Waals surface area contributed by atoms with E-state index in [9.17, 15) is 14.4 Å². The maximum Gasteiger partial charge on any atom is 0.331 e. The van der Waals surface area contributed by atoms with Crippen LogP contribution >= 0.6 is 0 Å². The van der Waals surface area contributed by atoms with Gasteiger partial charge in [-0.3, -0.25) is 19.8 Å². The number of barbiturate groups is 1. The third-order valence-electron chi connectivity index (χ3n) is 3.42. The lowest BCUT2D eigenvalue weighted by Crippen LogP contribution is -2.52. The van der Waals surface area contributed by atoms with Gasteiger partial charge < -0.3 is 4.57 Å². The van der Waals surface area contributed by atoms with Crippen molar-refractivity contribution in [3.8, 4) is 0 Å². The van der Waals surface area contributed by atoms with Crippen LogP contribution in [0.15, 0.2) is 11.6 Å². The first-order valence-electron chi connectivity index (χ1n) is 5.81. The minimum atomic E-state index is -0.701. The van der Waals surface area contributed by atoms with Gasteiger partial charge in [0.25, 0.3) is 11.8 Å². The first-order chi connectivity index (χ1) is 8.82. The zero-order chi connectivity index (χ0) is 14.3. The van der Waals surface area contributed by atoms with E-state index in [1.807, 2.05) is 31.5 Å². The monoisotopic (exact) mass is 261 g/mol. The highest BCUT2D eigenvalue weighted by molar-refractivity contribution is 6.30. The predicted molar refractivity (Wildman–Crippen MR) is 69.2 cm³/mol. The van der Waals surface area contributed by atoms with Gasteiger partial charge in [0.15, 0.2) is 0 Å². The van der Waals surface area contributed by atoms with Crippen molar-refractivity contribution in [2.24, 2.45) is 7.05 Å². The number of amides is 4. The standard InChI is InChI=1S/C13H15N3O3/c1-7-5-9(8(2)15(7)3)6-10-11(17)14-13(19)16(4)12(10)18/h5-6H,1-4H3,(H,14,17,19). The summed E-state index contributed by atoms with van der Waals surface area (Å²) in [5, 5.41) is 2.12. The van der Waals surface area contributed by atoms with Gasteiger partial charge in [-0.2, -0.15) is 0 Å². The molecule has 1 aliphatic rings. The molecule has 2 rings (SSSR count). The van der Waals surface area contributed by atoms with Crippen molar-refractivity contribution in [3.05, 3.63) is 28.6 Å². The molecule has 1 saturated heterocycles. The molecule has 0 atom stereocenters. The second-order valence-electron chi connectivity index (χ2n) is 4.57. The van der Waals surface area contributed by atoms with Gasteiger partial charge in [-0.05, 0) is 31.6 Å². The van der Waals surface area contributed by atoms with Crippen LogP contribution in [0.1, 0.15) is 17.0 Å². The molecule has 1 aliphatic heterocycles. The molecule has 4 amide bonds. The largest absolute Gasteiger partial charge is 0.352 e. The lowest BCUT2D eigenvalue weighted by atomic mass is 10.1. The fraction of sp³-hybridized carbons (Fsp3) is 0.308. The lowest BCUT2D eigenvalue weighted by Gasteiger charge is -2.22. The van der Waals surface area contributed by atoms with Crippen molar-refractivity contribution in [1.29, 1.82) is 0 Å². The summed E-state index contributed by atoms with van der Waals surface area (Å²) in [6.07, 6.45) is 1.52. The summed E-state index contributed by atoms with van der Waals surface area (Å²) in [7, 11) is 3.24. The zero-order valence-electron chi connectivity index (χ0n) is 11.3. The molecule has 1 N–H and O–H groups in total. The first-order valence-corrected chi connectivity index (χ1v) is 5.81. The van der Waals surface area contributed by atoms with Crippen molar-refractivity contribution in [2.45, 2.75) is 13.8 Å². The molecule has 100 valence electrons. The van der Waals surface area contributed by atoms with Gasteiger partial charge in [-0.15, -0.1) is 0 Å². The van der Waals surface area contributed by atoms with Crippen LogP contribution in [0.5, 0.6) is 0 Å². The number of aromatic nitrogens is 1. The molecule has 0 radical (unpaired) electrons. The molecule has 1 fully saturated rings. The van der Waals surface area contributed by atoms with Crippen LogP contribution in [0.3, 0.4) is 0 Å². The molecular formula is C13H15N3O3. The Kier molecular flexibility index (Phi) is 3.01. The van der Waals surface area contributed by atoms with E-state index in [1.54, 1.807) is 0 Å². The Balaban J connectivity index is 2.47. The summed E-state index contributed by atoms with van der Waals surface area (Å²) in [4.78, 5) is 35.8. The summed E-state index contributed by atoms with van der Waals surface area (Å²) in [6.45, 7) is 3.84. The predicted octanol–water partition coefficient (Wildman–Crippen LogP) is 0.734. The molecule has 1 aromatic rings. The SMILES string of the molecule is Cc1cc(C=C2C(=O)NC(=O)N(C)C2=O)c(C)n1C. The fourth-order valence-electron chi connectivity index (χ4n) is 1.93. The lowest BCUT2D eigenvalue weighted by molar-refractivity contribution is -0.129. The van der Waals surface area contributed by atoms with Crippen molar-refractivity contribution in [1.82, 2.24) is 14.8 Å². The number of likely N-dealkylation sites (N-methyl/N-ethyl adjacent to an activating group) is 1. The van der Waals surface area contributed by atoms with Gasteiger partial charge in [0, 0.05) is 25.5 Å². The highest BCUT2D eigenvalue weighted by Crippen LogP contribution is 2.19. The van der Waals surface area contributed by atoms with E-state index in [-0.39, 0.29) is 5.57 Å². The summed E-state index contributed by atoms with van der Waals surface area (Å²) in [5.74, 6) is -1.25. The van der Waals surface area contributed by atoms with E-state index in [0.717, 1.165) is 21.9 Å². The molecule has 0 spiro atoms. The van der Waals surface area contributed by atoms with Crippen LogP contribution in [-0.4, -0.2) is 34.4 Å². The van der Waals surface area contributed by atoms with E-state index in [1.165, 1.54) is 13.1 Å². The second kappa shape index (κ2) is 4.38. The zero-order valence-corrected chi connectivity index (χ0v) is 11.3. The van der Waals surface area contributed by atoms with Crippen molar-refractivity contribution < 1.29 is 14.4 Å². The summed E-state index contributed by atoms with van der Waals surface area (Å²) >= 11 is 0. The molecule has 1 aromatic heterocycles. The Morgan fingerprint density at radius 2 is 1.79 bits per heavy atom. The molecule has 2 heterocycles. The van der Waals surface area contributed by atoms with E-state index < -0.39 is 17.8 Å². The number of nitrogens with one attached hydrogen (secondary N) is 1. The van der Waals surface area contributed by atoms with Gasteiger partial charge in [-0.1, -0.05) is 0 Å². The Morgan fingerprint density at radius 1 is 1.16 bits per heavy atom. The number of hydrogen-bond donors (Lipinski definition) is 1. The summed E-state index contributed by atoms with van der Waals surface area (Å²) < 4.78 is 1.96. The fourth-order valence-corrected chi connectivity index (χ4v) is 1.93. The maximum absolute atomic E-state index is 11.9. The summed E-state index contributed by atoms with van der Waals surface area (Å²) in [5.41, 5.74) is 2.74. The number of carbonyl (C=O) groups excluding carboxylic acids is 3. The Bertz CT molecular complexity index is 625. The van der Waals surface area contributed by atoms with Crippen LogP contribution in [-0.2, 0) is 16.6 Å². The number of aryl methyl sites for hydroxylation is 1. The number of carbonyl (C=O) groups is 3. The minimum Gasteiger partial charge on any atom is -0.352 e. The average molecular weight is 261 g/mol. The van der Waals surface area contributed by atoms with Crippen molar-refractivity contribution >= 4 is 23.9 Å². The topological polar surface area (TPSA) is 71.4 Å². The first kappa shape index (κ1) is 13.1. The second-order valence-corrected chi connectivity index (χ2v) is 4.57. The molecule has 0 aromatic carbocycles. The van der Waals surface area contributed by atoms with Gasteiger partial charge in [-0.25, -0.2) is 4.79 Å². The molecule has 0 bridgehead atoms. The van der Waals surface area contributed by atoms with Crippen molar-refractivity contribution in [2.75, 3.05) is 7.05 Å². The highest BCUT2D eigenvalue weighted by atomic mass is 16.2. The quantitative estimate of drug-likeness (QED) is 0.598. The Hall–Kier alpha value is -2.37. The molecular weight excluding hydrogens is 246 g/mol. The normalized spacial score (nSPS) is 18.2. The molecule has 0 unspecified atom stereocenters. The minimum absolute atomic E-state index is 0.0317. The van der Waals surface area contributed by atoms with E-state index >= 15 is 0 Å². The molecule has 0 aliphatic carbocycles. The maximum atomic E-state index is 11.9. The molecule has 19 heavy (non-hydrogen) atoms. The van der Waals surface area contributed by atoms with Crippen LogP contribution in [0.2, 0.25) is 0 Å². The van der Waals surface area contributed by atoms with Crippen LogP contribution in [0, 0.1) is 13.8 Å². The van der Waals surface area contributed by atoms with E-state index in [4.69, 9.17) is 0 Å². The number of urea groups is 1. The third-order valence-corrected chi connectivity index (χ3v) is 3.42. The van der Waals surface area contributed by atoms with Crippen molar-refractivity contribution in [3.63, 3.8) is 0 Å². The van der Waals surface area contributed by atoms with Crippen LogP contribution < -0.4 is 5.32 Å². The van der Waals surface area contributed by atoms with E-state index in [2.05, 4.69) is 5.32 Å². The molecule has 0 saturated carbocycles. The van der Waals surface area contributed by atoms with Gasteiger partial charge in [0.05, 0.1) is 0 Å². The third kappa shape index (κ3) is 2.05. The average Bonchev–Trinajstić information content (AvgIpc) is 2.59. The van der Waals surface area contributed by atoms with Crippen LogP contribution in [0.25, 0.3) is 6.08 Å². The number of imide groups is 2. The van der Waals surface area contributed by atoms with Gasteiger partial charge in [0.2, 0.25) is 0 Å². The smallest absolute Gasteiger partial charge is 0.331 e. The summed E-state index contributed by atoms with van der Waals surface area (Å²) in [6, 6.07) is 1.19. The number of nitrogens with zero attached hydrogens (tertiary/aromatic N) is 2. The van der Waals surface area contributed by atoms with Crippen LogP contribution in [0.4, 0.5) is 4.79 Å². The van der Waals surface area contributed by atoms with Gasteiger partial charge >= 0.3 is 6.03 Å². The Labute approximate surface area is 110 Å². The van der Waals surface area contributed by atoms with Gasteiger partial charge in [0.1, 0.15) is 5.57 Å². The number of hydrogen-bond acceptors (Lipinski definition) is 3. The highest BCUT2D eigenvalue weighted by Gasteiger charge is 2.33. The molecule has 6 heteroatoms.